The zero-order valence-corrected chi connectivity index (χ0v) is 12.3. The van der Waals surface area contributed by atoms with Crippen LogP contribution < -0.4 is 15.0 Å². The number of alkyl halides is 3. The minimum absolute atomic E-state index is 0.179. The second-order valence-corrected chi connectivity index (χ2v) is 5.42. The van der Waals surface area contributed by atoms with Crippen molar-refractivity contribution in [1.82, 2.24) is 5.32 Å². The van der Waals surface area contributed by atoms with Gasteiger partial charge in [-0.2, -0.15) is 0 Å². The summed E-state index contributed by atoms with van der Waals surface area (Å²) in [5, 5.41) is 3.47. The molecule has 1 saturated heterocycles. The molecular formula is C15H21F3N2O. The van der Waals surface area contributed by atoms with E-state index < -0.39 is 6.36 Å². The number of anilines is 1. The highest BCUT2D eigenvalue weighted by atomic mass is 19.4. The van der Waals surface area contributed by atoms with Crippen LogP contribution in [0.1, 0.15) is 20.3 Å². The molecule has 0 radical (unpaired) electrons. The SMILES string of the molecule is CCNC1CCN(c2ccc(OC(F)(F)F)cc2)CC1C. The molecule has 0 spiro atoms. The quantitative estimate of drug-likeness (QED) is 0.922. The van der Waals surface area contributed by atoms with Gasteiger partial charge in [-0.25, -0.2) is 0 Å². The Morgan fingerprint density at radius 3 is 2.48 bits per heavy atom. The largest absolute Gasteiger partial charge is 0.573 e. The third kappa shape index (κ3) is 4.52. The molecule has 1 aliphatic heterocycles. The molecule has 1 N–H and O–H groups in total. The average molecular weight is 302 g/mol. The Labute approximate surface area is 123 Å². The van der Waals surface area contributed by atoms with Crippen molar-refractivity contribution in [3.8, 4) is 5.75 Å². The van der Waals surface area contributed by atoms with Crippen LogP contribution in [-0.2, 0) is 0 Å². The lowest BCUT2D eigenvalue weighted by Gasteiger charge is -2.38. The van der Waals surface area contributed by atoms with Gasteiger partial charge in [-0.15, -0.1) is 13.2 Å². The van der Waals surface area contributed by atoms with Gasteiger partial charge in [0.2, 0.25) is 0 Å². The Morgan fingerprint density at radius 1 is 1.29 bits per heavy atom. The summed E-state index contributed by atoms with van der Waals surface area (Å²) in [5.74, 6) is 0.326. The van der Waals surface area contributed by atoms with E-state index in [0.29, 0.717) is 12.0 Å². The molecule has 1 heterocycles. The number of halogens is 3. The second-order valence-electron chi connectivity index (χ2n) is 5.42. The standard InChI is InChI=1S/C15H21F3N2O/c1-3-19-14-8-9-20(10-11(14)2)12-4-6-13(7-5-12)21-15(16,17)18/h4-7,11,14,19H,3,8-10H2,1-2H3. The zero-order chi connectivity index (χ0) is 15.5. The van der Waals surface area contributed by atoms with Crippen molar-refractivity contribution in [2.45, 2.75) is 32.7 Å². The van der Waals surface area contributed by atoms with E-state index in [1.807, 2.05) is 0 Å². The van der Waals surface area contributed by atoms with Gasteiger partial charge in [-0.05, 0) is 43.1 Å². The minimum Gasteiger partial charge on any atom is -0.406 e. The first-order valence-corrected chi connectivity index (χ1v) is 7.23. The molecule has 1 aromatic rings. The first-order chi connectivity index (χ1) is 9.89. The van der Waals surface area contributed by atoms with Gasteiger partial charge in [-0.1, -0.05) is 13.8 Å². The third-order valence-corrected chi connectivity index (χ3v) is 3.81. The first-order valence-electron chi connectivity index (χ1n) is 7.23. The molecule has 2 unspecified atom stereocenters. The average Bonchev–Trinajstić information content (AvgIpc) is 2.40. The van der Waals surface area contributed by atoms with E-state index >= 15 is 0 Å². The molecule has 0 amide bonds. The summed E-state index contributed by atoms with van der Waals surface area (Å²) in [6, 6.07) is 6.61. The Morgan fingerprint density at radius 2 is 1.95 bits per heavy atom. The van der Waals surface area contributed by atoms with E-state index in [4.69, 9.17) is 0 Å². The van der Waals surface area contributed by atoms with Crippen LogP contribution in [0.25, 0.3) is 0 Å². The van der Waals surface area contributed by atoms with Crippen LogP contribution in [0.15, 0.2) is 24.3 Å². The van der Waals surface area contributed by atoms with Crippen molar-refractivity contribution >= 4 is 5.69 Å². The molecule has 118 valence electrons. The minimum atomic E-state index is -4.64. The Balaban J connectivity index is 1.97. The maximum absolute atomic E-state index is 12.1. The van der Waals surface area contributed by atoms with Gasteiger partial charge in [0, 0.05) is 24.8 Å². The lowest BCUT2D eigenvalue weighted by atomic mass is 9.93. The maximum Gasteiger partial charge on any atom is 0.573 e. The molecule has 6 heteroatoms. The van der Waals surface area contributed by atoms with Crippen LogP contribution in [0.4, 0.5) is 18.9 Å². The lowest BCUT2D eigenvalue weighted by Crippen LogP contribution is -2.48. The highest BCUT2D eigenvalue weighted by Gasteiger charge is 2.31. The molecule has 0 saturated carbocycles. The number of nitrogens with zero attached hydrogens (tertiary/aromatic N) is 1. The van der Waals surface area contributed by atoms with E-state index in [1.54, 1.807) is 12.1 Å². The van der Waals surface area contributed by atoms with Gasteiger partial charge < -0.3 is 15.0 Å². The summed E-state index contributed by atoms with van der Waals surface area (Å²) in [6.07, 6.45) is -3.60. The number of rotatable bonds is 4. The van der Waals surface area contributed by atoms with E-state index in [-0.39, 0.29) is 5.75 Å². The van der Waals surface area contributed by atoms with Gasteiger partial charge in [-0.3, -0.25) is 0 Å². The van der Waals surface area contributed by atoms with Crippen LogP contribution in [0.5, 0.6) is 5.75 Å². The number of ether oxygens (including phenoxy) is 1. The van der Waals surface area contributed by atoms with Gasteiger partial charge in [0.15, 0.2) is 0 Å². The fourth-order valence-electron chi connectivity index (χ4n) is 2.80. The van der Waals surface area contributed by atoms with E-state index in [9.17, 15) is 13.2 Å². The smallest absolute Gasteiger partial charge is 0.406 e. The van der Waals surface area contributed by atoms with Crippen LogP contribution >= 0.6 is 0 Å². The molecule has 2 atom stereocenters. The van der Waals surface area contributed by atoms with Crippen molar-refractivity contribution in [3.63, 3.8) is 0 Å². The third-order valence-electron chi connectivity index (χ3n) is 3.81. The number of nitrogens with one attached hydrogen (secondary N) is 1. The molecule has 3 nitrogen and oxygen atoms in total. The fraction of sp³-hybridized carbons (Fsp3) is 0.600. The molecule has 1 aliphatic rings. The number of benzene rings is 1. The Hall–Kier alpha value is -1.43. The number of piperidine rings is 1. The molecular weight excluding hydrogens is 281 g/mol. The highest BCUT2D eigenvalue weighted by Crippen LogP contribution is 2.27. The Kier molecular flexibility index (Phi) is 4.98. The summed E-state index contributed by atoms with van der Waals surface area (Å²) in [7, 11) is 0. The summed E-state index contributed by atoms with van der Waals surface area (Å²) < 4.78 is 40.3. The summed E-state index contributed by atoms with van der Waals surface area (Å²) in [4.78, 5) is 2.20. The van der Waals surface area contributed by atoms with Gasteiger partial charge in [0.05, 0.1) is 0 Å². The second kappa shape index (κ2) is 6.56. The molecule has 0 bridgehead atoms. The molecule has 0 aromatic heterocycles. The van der Waals surface area contributed by atoms with Gasteiger partial charge in [0.1, 0.15) is 5.75 Å². The molecule has 21 heavy (non-hydrogen) atoms. The molecule has 1 aromatic carbocycles. The topological polar surface area (TPSA) is 24.5 Å². The van der Waals surface area contributed by atoms with Crippen LogP contribution in [0, 0.1) is 5.92 Å². The predicted molar refractivity (Wildman–Crippen MR) is 76.6 cm³/mol. The van der Waals surface area contributed by atoms with Crippen LogP contribution in [0.2, 0.25) is 0 Å². The monoisotopic (exact) mass is 302 g/mol. The normalized spacial score (nSPS) is 23.2. The summed E-state index contributed by atoms with van der Waals surface area (Å²) in [6.45, 7) is 7.05. The van der Waals surface area contributed by atoms with Crippen LogP contribution in [-0.4, -0.2) is 32.0 Å². The van der Waals surface area contributed by atoms with Crippen molar-refractivity contribution in [3.05, 3.63) is 24.3 Å². The van der Waals surface area contributed by atoms with Crippen molar-refractivity contribution < 1.29 is 17.9 Å². The van der Waals surface area contributed by atoms with Gasteiger partial charge >= 0.3 is 6.36 Å². The van der Waals surface area contributed by atoms with E-state index in [1.165, 1.54) is 12.1 Å². The summed E-state index contributed by atoms with van der Waals surface area (Å²) >= 11 is 0. The van der Waals surface area contributed by atoms with Crippen molar-refractivity contribution in [1.29, 1.82) is 0 Å². The molecule has 0 aliphatic carbocycles. The zero-order valence-electron chi connectivity index (χ0n) is 12.3. The number of hydrogen-bond donors (Lipinski definition) is 1. The Bertz CT molecular complexity index is 447. The van der Waals surface area contributed by atoms with E-state index in [2.05, 4.69) is 28.8 Å². The van der Waals surface area contributed by atoms with Gasteiger partial charge in [0.25, 0.3) is 0 Å². The fourth-order valence-corrected chi connectivity index (χ4v) is 2.80. The highest BCUT2D eigenvalue weighted by molar-refractivity contribution is 5.49. The number of hydrogen-bond acceptors (Lipinski definition) is 3. The van der Waals surface area contributed by atoms with E-state index in [0.717, 1.165) is 31.7 Å². The lowest BCUT2D eigenvalue weighted by molar-refractivity contribution is -0.274. The van der Waals surface area contributed by atoms with Crippen LogP contribution in [0.3, 0.4) is 0 Å². The molecule has 2 rings (SSSR count). The predicted octanol–water partition coefficient (Wildman–Crippen LogP) is 3.41. The summed E-state index contributed by atoms with van der Waals surface area (Å²) in [5.41, 5.74) is 0.936. The molecule has 1 fully saturated rings. The van der Waals surface area contributed by atoms with Crippen molar-refractivity contribution in [2.75, 3.05) is 24.5 Å². The van der Waals surface area contributed by atoms with Crippen molar-refractivity contribution in [2.24, 2.45) is 5.92 Å². The first kappa shape index (κ1) is 15.9. The maximum atomic E-state index is 12.1.